The van der Waals surface area contributed by atoms with Gasteiger partial charge in [0.25, 0.3) is 5.56 Å². The summed E-state index contributed by atoms with van der Waals surface area (Å²) in [7, 11) is 3.88. The number of anilines is 2. The lowest BCUT2D eigenvalue weighted by atomic mass is 10.0. The van der Waals surface area contributed by atoms with Crippen molar-refractivity contribution in [2.75, 3.05) is 43.4 Å². The first-order valence-electron chi connectivity index (χ1n) is 11.5. The van der Waals surface area contributed by atoms with Crippen LogP contribution >= 0.6 is 0 Å². The number of aromatic nitrogens is 4. The highest BCUT2D eigenvalue weighted by molar-refractivity contribution is 6.31. The molecule has 2 N–H and O–H groups in total. The van der Waals surface area contributed by atoms with E-state index in [1.807, 2.05) is 40.3 Å². The molecular weight excluding hydrogens is 413 g/mol. The molecule has 0 amide bonds. The van der Waals surface area contributed by atoms with Crippen LogP contribution in [0.5, 0.6) is 0 Å². The van der Waals surface area contributed by atoms with Crippen molar-refractivity contribution >= 4 is 46.9 Å². The number of hydrogen-bond acceptors (Lipinski definition) is 7. The number of pyridine rings is 4. The Labute approximate surface area is 193 Å². The third-order valence-corrected chi connectivity index (χ3v) is 6.37. The Hall–Kier alpha value is -3.46. The molecule has 33 heavy (non-hydrogen) atoms. The molecule has 8 nitrogen and oxygen atoms in total. The van der Waals surface area contributed by atoms with Crippen LogP contribution in [0.2, 0.25) is 0 Å². The fourth-order valence-corrected chi connectivity index (χ4v) is 4.55. The minimum Gasteiger partial charge on any atom is -0.371 e. The lowest BCUT2D eigenvalue weighted by Crippen LogP contribution is -2.46. The molecule has 168 valence electrons. The number of piperazine rings is 1. The SMILES string of the molecule is Bc1cc2cc(N3CCN(Cc4cnc5cc(CC)c(=O)[nH]c5c4)CC3)cnc2c(NC)n1. The van der Waals surface area contributed by atoms with Crippen molar-refractivity contribution in [2.45, 2.75) is 19.9 Å². The summed E-state index contributed by atoms with van der Waals surface area (Å²) in [5.74, 6) is 0.817. The molecule has 0 atom stereocenters. The van der Waals surface area contributed by atoms with Crippen LogP contribution in [-0.2, 0) is 13.0 Å². The molecular formula is C24H28BN7O. The van der Waals surface area contributed by atoms with Crippen molar-refractivity contribution in [2.24, 2.45) is 0 Å². The van der Waals surface area contributed by atoms with Gasteiger partial charge in [-0.05, 0) is 41.8 Å². The number of aromatic amines is 1. The second-order valence-electron chi connectivity index (χ2n) is 8.64. The molecule has 0 bridgehead atoms. The second kappa shape index (κ2) is 8.82. The number of H-pyrrole nitrogens is 1. The summed E-state index contributed by atoms with van der Waals surface area (Å²) in [6, 6.07) is 8.25. The third kappa shape index (κ3) is 4.28. The van der Waals surface area contributed by atoms with Gasteiger partial charge in [0.05, 0.1) is 22.9 Å². The molecule has 0 spiro atoms. The predicted molar refractivity (Wildman–Crippen MR) is 136 cm³/mol. The van der Waals surface area contributed by atoms with Crippen LogP contribution in [0.1, 0.15) is 18.1 Å². The summed E-state index contributed by atoms with van der Waals surface area (Å²) in [6.07, 6.45) is 4.58. The molecule has 4 aromatic rings. The maximum atomic E-state index is 12.2. The summed E-state index contributed by atoms with van der Waals surface area (Å²) in [5, 5.41) is 4.25. The number of nitrogens with zero attached hydrogens (tertiary/aromatic N) is 5. The minimum absolute atomic E-state index is 0.0191. The van der Waals surface area contributed by atoms with Gasteiger partial charge < -0.3 is 15.2 Å². The fourth-order valence-electron chi connectivity index (χ4n) is 4.55. The number of nitrogens with one attached hydrogen (secondary N) is 2. The zero-order valence-corrected chi connectivity index (χ0v) is 19.4. The Morgan fingerprint density at radius 3 is 2.67 bits per heavy atom. The molecule has 1 aliphatic heterocycles. The van der Waals surface area contributed by atoms with Gasteiger partial charge in [-0.2, -0.15) is 0 Å². The quantitative estimate of drug-likeness (QED) is 0.448. The second-order valence-corrected chi connectivity index (χ2v) is 8.64. The lowest BCUT2D eigenvalue weighted by molar-refractivity contribution is 0.249. The van der Waals surface area contributed by atoms with E-state index in [0.29, 0.717) is 6.42 Å². The fraction of sp³-hybridized carbons (Fsp3) is 0.333. The molecule has 1 saturated heterocycles. The number of rotatable bonds is 5. The average molecular weight is 441 g/mol. The summed E-state index contributed by atoms with van der Waals surface area (Å²) >= 11 is 0. The Bertz CT molecular complexity index is 1380. The van der Waals surface area contributed by atoms with E-state index in [2.05, 4.69) is 53.3 Å². The van der Waals surface area contributed by atoms with E-state index in [1.165, 1.54) is 0 Å². The van der Waals surface area contributed by atoms with Crippen molar-refractivity contribution in [3.63, 3.8) is 0 Å². The standard InChI is InChI=1S/C24H28BN7O/c1-3-16-10-19-20(29-24(16)33)8-15(12-27-19)14-31-4-6-32(7-5-31)18-9-17-11-21(25)30-23(26-2)22(17)28-13-18/h8-13H,3-7,14,25H2,1-2H3,(H,26,30)(H,29,33). The molecule has 0 aromatic carbocycles. The van der Waals surface area contributed by atoms with E-state index >= 15 is 0 Å². The van der Waals surface area contributed by atoms with Crippen LogP contribution in [0, 0.1) is 0 Å². The molecule has 0 saturated carbocycles. The van der Waals surface area contributed by atoms with Crippen LogP contribution in [0.3, 0.4) is 0 Å². The first-order chi connectivity index (χ1) is 16.0. The van der Waals surface area contributed by atoms with Crippen LogP contribution in [0.15, 0.2) is 41.5 Å². The van der Waals surface area contributed by atoms with Gasteiger partial charge in [-0.1, -0.05) is 6.92 Å². The maximum Gasteiger partial charge on any atom is 0.251 e. The summed E-state index contributed by atoms with van der Waals surface area (Å²) in [6.45, 7) is 6.59. The highest BCUT2D eigenvalue weighted by atomic mass is 16.1. The Morgan fingerprint density at radius 1 is 1.09 bits per heavy atom. The van der Waals surface area contributed by atoms with Crippen LogP contribution in [-0.4, -0.2) is 65.9 Å². The summed E-state index contributed by atoms with van der Waals surface area (Å²) in [5.41, 5.74) is 6.55. The molecule has 0 radical (unpaired) electrons. The van der Waals surface area contributed by atoms with Crippen molar-refractivity contribution in [1.82, 2.24) is 24.8 Å². The first kappa shape index (κ1) is 21.4. The largest absolute Gasteiger partial charge is 0.371 e. The highest BCUT2D eigenvalue weighted by Crippen LogP contribution is 2.24. The van der Waals surface area contributed by atoms with Crippen LogP contribution < -0.4 is 21.4 Å². The predicted octanol–water partition coefficient (Wildman–Crippen LogP) is 1.05. The van der Waals surface area contributed by atoms with E-state index in [-0.39, 0.29) is 5.56 Å². The number of aryl methyl sites for hydroxylation is 1. The Morgan fingerprint density at radius 2 is 1.91 bits per heavy atom. The van der Waals surface area contributed by atoms with Crippen molar-refractivity contribution in [1.29, 1.82) is 0 Å². The molecule has 1 fully saturated rings. The molecule has 9 heteroatoms. The van der Waals surface area contributed by atoms with E-state index in [0.717, 1.165) is 82.9 Å². The van der Waals surface area contributed by atoms with Gasteiger partial charge in [-0.15, -0.1) is 0 Å². The monoisotopic (exact) mass is 441 g/mol. The third-order valence-electron chi connectivity index (χ3n) is 6.37. The smallest absolute Gasteiger partial charge is 0.251 e. The van der Waals surface area contributed by atoms with Crippen molar-refractivity contribution in [3.05, 3.63) is 58.1 Å². The van der Waals surface area contributed by atoms with Crippen LogP contribution in [0.4, 0.5) is 11.5 Å². The Balaban J connectivity index is 1.28. The highest BCUT2D eigenvalue weighted by Gasteiger charge is 2.19. The topological polar surface area (TPSA) is 90.0 Å². The first-order valence-corrected chi connectivity index (χ1v) is 11.5. The van der Waals surface area contributed by atoms with Gasteiger partial charge in [0, 0.05) is 56.9 Å². The number of hydrogen-bond donors (Lipinski definition) is 2. The minimum atomic E-state index is -0.0191. The van der Waals surface area contributed by atoms with Gasteiger partial charge in [-0.3, -0.25) is 19.7 Å². The normalized spacial score (nSPS) is 14.8. The van der Waals surface area contributed by atoms with Crippen molar-refractivity contribution in [3.8, 4) is 0 Å². The van der Waals surface area contributed by atoms with Gasteiger partial charge in [0.15, 0.2) is 13.7 Å². The van der Waals surface area contributed by atoms with E-state index < -0.39 is 0 Å². The van der Waals surface area contributed by atoms with E-state index in [9.17, 15) is 4.79 Å². The molecule has 0 unspecified atom stereocenters. The van der Waals surface area contributed by atoms with Gasteiger partial charge in [0.1, 0.15) is 5.52 Å². The van der Waals surface area contributed by atoms with E-state index in [1.54, 1.807) is 0 Å². The van der Waals surface area contributed by atoms with Gasteiger partial charge in [-0.25, -0.2) is 4.98 Å². The zero-order chi connectivity index (χ0) is 22.9. The Kier molecular flexibility index (Phi) is 5.72. The number of fused-ring (bicyclic) bond motifs is 2. The molecule has 1 aliphatic rings. The van der Waals surface area contributed by atoms with Gasteiger partial charge >= 0.3 is 0 Å². The summed E-state index contributed by atoms with van der Waals surface area (Å²) < 4.78 is 0. The molecule has 4 aromatic heterocycles. The van der Waals surface area contributed by atoms with Gasteiger partial charge in [0.2, 0.25) is 0 Å². The lowest BCUT2D eigenvalue weighted by Gasteiger charge is -2.36. The summed E-state index contributed by atoms with van der Waals surface area (Å²) in [4.78, 5) is 33.8. The van der Waals surface area contributed by atoms with Crippen LogP contribution in [0.25, 0.3) is 21.9 Å². The molecule has 0 aliphatic carbocycles. The average Bonchev–Trinajstić information content (AvgIpc) is 2.83. The molecule has 5 rings (SSSR count). The van der Waals surface area contributed by atoms with Crippen molar-refractivity contribution < 1.29 is 0 Å². The molecule has 5 heterocycles. The zero-order valence-electron chi connectivity index (χ0n) is 19.4. The maximum absolute atomic E-state index is 12.2. The van der Waals surface area contributed by atoms with E-state index in [4.69, 9.17) is 0 Å².